The van der Waals surface area contributed by atoms with Gasteiger partial charge in [-0.3, -0.25) is 4.79 Å². The maximum absolute atomic E-state index is 13.2. The molecule has 2 heterocycles. The molecule has 148 valence electrons. The Labute approximate surface area is 165 Å². The van der Waals surface area contributed by atoms with Gasteiger partial charge in [-0.1, -0.05) is 43.7 Å². The lowest BCUT2D eigenvalue weighted by Crippen LogP contribution is -2.42. The van der Waals surface area contributed by atoms with Crippen LogP contribution in [0, 0.1) is 0 Å². The van der Waals surface area contributed by atoms with Gasteiger partial charge in [-0.05, 0) is 29.7 Å². The van der Waals surface area contributed by atoms with E-state index in [2.05, 4.69) is 6.92 Å². The molecule has 6 heteroatoms. The quantitative estimate of drug-likeness (QED) is 0.630. The van der Waals surface area contributed by atoms with Gasteiger partial charge in [-0.2, -0.15) is 0 Å². The van der Waals surface area contributed by atoms with Gasteiger partial charge in [0.05, 0.1) is 24.2 Å². The van der Waals surface area contributed by atoms with Crippen LogP contribution in [-0.2, 0) is 21.1 Å². The number of nitrogens with zero attached hydrogens (tertiary/aromatic N) is 1. The van der Waals surface area contributed by atoms with Crippen LogP contribution in [-0.4, -0.2) is 43.3 Å². The highest BCUT2D eigenvalue weighted by Gasteiger charge is 2.34. The standard InChI is InChI=1S/C22H25NO4S/c1-2-3-11-23(18-10-12-28(25,26)15-18)21(24)13-17-14-27-20-9-8-16-6-4-5-7-19(16)22(17)20/h4-9,14,18H,2-3,10-13,15H2,1H3. The second kappa shape index (κ2) is 7.59. The Bertz CT molecular complexity index is 1120. The highest BCUT2D eigenvalue weighted by Crippen LogP contribution is 2.31. The summed E-state index contributed by atoms with van der Waals surface area (Å²) < 4.78 is 29.6. The van der Waals surface area contributed by atoms with Gasteiger partial charge in [-0.15, -0.1) is 0 Å². The van der Waals surface area contributed by atoms with E-state index in [0.29, 0.717) is 13.0 Å². The number of furan rings is 1. The smallest absolute Gasteiger partial charge is 0.227 e. The fraction of sp³-hybridized carbons (Fsp3) is 0.409. The van der Waals surface area contributed by atoms with Crippen LogP contribution in [0.1, 0.15) is 31.7 Å². The molecule has 28 heavy (non-hydrogen) atoms. The molecule has 1 aliphatic rings. The SMILES string of the molecule is CCCCN(C(=O)Cc1coc2ccc3ccccc3c12)C1CCS(=O)(=O)C1. The average molecular weight is 400 g/mol. The predicted octanol–water partition coefficient (Wildman–Crippen LogP) is 3.94. The number of sulfone groups is 1. The van der Waals surface area contributed by atoms with Gasteiger partial charge in [0.1, 0.15) is 5.58 Å². The van der Waals surface area contributed by atoms with E-state index in [-0.39, 0.29) is 29.9 Å². The van der Waals surface area contributed by atoms with Gasteiger partial charge in [-0.25, -0.2) is 8.42 Å². The molecule has 2 aromatic carbocycles. The molecule has 1 aliphatic heterocycles. The zero-order valence-corrected chi connectivity index (χ0v) is 16.9. The van der Waals surface area contributed by atoms with Crippen LogP contribution in [0.4, 0.5) is 0 Å². The second-order valence-electron chi connectivity index (χ2n) is 7.60. The summed E-state index contributed by atoms with van der Waals surface area (Å²) in [7, 11) is -3.04. The topological polar surface area (TPSA) is 67.6 Å². The molecule has 0 bridgehead atoms. The Morgan fingerprint density at radius 2 is 2.04 bits per heavy atom. The van der Waals surface area contributed by atoms with E-state index >= 15 is 0 Å². The van der Waals surface area contributed by atoms with Crippen molar-refractivity contribution >= 4 is 37.5 Å². The fourth-order valence-electron chi connectivity index (χ4n) is 4.13. The molecule has 1 fully saturated rings. The van der Waals surface area contributed by atoms with Gasteiger partial charge >= 0.3 is 0 Å². The van der Waals surface area contributed by atoms with E-state index in [1.807, 2.05) is 36.4 Å². The van der Waals surface area contributed by atoms with Crippen molar-refractivity contribution in [2.24, 2.45) is 0 Å². The summed E-state index contributed by atoms with van der Waals surface area (Å²) in [6.07, 6.45) is 4.26. The van der Waals surface area contributed by atoms with Crippen LogP contribution in [0.5, 0.6) is 0 Å². The number of carbonyl (C=O) groups excluding carboxylic acids is 1. The van der Waals surface area contributed by atoms with Gasteiger partial charge in [0, 0.05) is 23.5 Å². The Kier molecular flexibility index (Phi) is 5.15. The molecule has 4 rings (SSSR count). The van der Waals surface area contributed by atoms with Crippen LogP contribution < -0.4 is 0 Å². The molecule has 1 unspecified atom stereocenters. The number of hydrogen-bond donors (Lipinski definition) is 0. The highest BCUT2D eigenvalue weighted by molar-refractivity contribution is 7.91. The molecule has 0 N–H and O–H groups in total. The maximum atomic E-state index is 13.2. The molecule has 1 saturated heterocycles. The van der Waals surface area contributed by atoms with Crippen LogP contribution in [0.15, 0.2) is 47.1 Å². The van der Waals surface area contributed by atoms with E-state index in [4.69, 9.17) is 4.42 Å². The minimum atomic E-state index is -3.04. The molecule has 0 aliphatic carbocycles. The van der Waals surface area contributed by atoms with E-state index in [9.17, 15) is 13.2 Å². The van der Waals surface area contributed by atoms with E-state index in [1.165, 1.54) is 0 Å². The van der Waals surface area contributed by atoms with Crippen LogP contribution in [0.25, 0.3) is 21.7 Å². The summed E-state index contributed by atoms with van der Waals surface area (Å²) >= 11 is 0. The fourth-order valence-corrected chi connectivity index (χ4v) is 5.86. The number of amides is 1. The molecule has 0 spiro atoms. The zero-order chi connectivity index (χ0) is 19.7. The van der Waals surface area contributed by atoms with Crippen LogP contribution in [0.3, 0.4) is 0 Å². The molecular formula is C22H25NO4S. The molecule has 0 saturated carbocycles. The zero-order valence-electron chi connectivity index (χ0n) is 16.1. The number of fused-ring (bicyclic) bond motifs is 3. The molecule has 3 aromatic rings. The first-order valence-corrected chi connectivity index (χ1v) is 11.7. The molecule has 0 radical (unpaired) electrons. The molecular weight excluding hydrogens is 374 g/mol. The van der Waals surface area contributed by atoms with Gasteiger partial charge in [0.25, 0.3) is 0 Å². The van der Waals surface area contributed by atoms with Crippen molar-refractivity contribution in [1.82, 2.24) is 4.90 Å². The Balaban J connectivity index is 1.65. The first-order valence-electron chi connectivity index (χ1n) is 9.86. The minimum Gasteiger partial charge on any atom is -0.464 e. The summed E-state index contributed by atoms with van der Waals surface area (Å²) in [5.74, 6) is 0.232. The third-order valence-electron chi connectivity index (χ3n) is 5.60. The van der Waals surface area contributed by atoms with Gasteiger partial charge < -0.3 is 9.32 Å². The van der Waals surface area contributed by atoms with Crippen molar-refractivity contribution in [1.29, 1.82) is 0 Å². The minimum absolute atomic E-state index is 0.0221. The first-order chi connectivity index (χ1) is 13.5. The largest absolute Gasteiger partial charge is 0.464 e. The number of hydrogen-bond acceptors (Lipinski definition) is 4. The van der Waals surface area contributed by atoms with Crippen molar-refractivity contribution in [2.75, 3.05) is 18.1 Å². The molecule has 5 nitrogen and oxygen atoms in total. The van der Waals surface area contributed by atoms with Crippen LogP contribution >= 0.6 is 0 Å². The van der Waals surface area contributed by atoms with Crippen molar-refractivity contribution < 1.29 is 17.6 Å². The third-order valence-corrected chi connectivity index (χ3v) is 7.35. The average Bonchev–Trinajstić information content (AvgIpc) is 3.25. The van der Waals surface area contributed by atoms with Crippen molar-refractivity contribution in [3.63, 3.8) is 0 Å². The summed E-state index contributed by atoms with van der Waals surface area (Å²) in [6.45, 7) is 2.68. The number of unbranched alkanes of at least 4 members (excludes halogenated alkanes) is 1. The lowest BCUT2D eigenvalue weighted by Gasteiger charge is -2.28. The third kappa shape index (κ3) is 3.65. The lowest BCUT2D eigenvalue weighted by atomic mass is 10.0. The predicted molar refractivity (Wildman–Crippen MR) is 111 cm³/mol. The number of carbonyl (C=O) groups is 1. The van der Waals surface area contributed by atoms with Crippen molar-refractivity contribution in [2.45, 2.75) is 38.6 Å². The maximum Gasteiger partial charge on any atom is 0.227 e. The number of rotatable bonds is 6. The molecule has 1 amide bonds. The second-order valence-corrected chi connectivity index (χ2v) is 9.82. The van der Waals surface area contributed by atoms with Gasteiger partial charge in [0.15, 0.2) is 9.84 Å². The van der Waals surface area contributed by atoms with Gasteiger partial charge in [0.2, 0.25) is 5.91 Å². The Morgan fingerprint density at radius 1 is 1.21 bits per heavy atom. The summed E-state index contributed by atoms with van der Waals surface area (Å²) in [5.41, 5.74) is 1.63. The molecule has 1 atom stereocenters. The lowest BCUT2D eigenvalue weighted by molar-refractivity contribution is -0.132. The van der Waals surface area contributed by atoms with Crippen molar-refractivity contribution in [3.8, 4) is 0 Å². The Hall–Kier alpha value is -2.34. The summed E-state index contributed by atoms with van der Waals surface area (Å²) in [5, 5.41) is 3.15. The summed E-state index contributed by atoms with van der Waals surface area (Å²) in [4.78, 5) is 15.0. The van der Waals surface area contributed by atoms with Crippen LogP contribution in [0.2, 0.25) is 0 Å². The van der Waals surface area contributed by atoms with E-state index in [0.717, 1.165) is 40.1 Å². The number of benzene rings is 2. The van der Waals surface area contributed by atoms with E-state index in [1.54, 1.807) is 11.2 Å². The first kappa shape index (κ1) is 19.0. The monoisotopic (exact) mass is 399 g/mol. The van der Waals surface area contributed by atoms with E-state index < -0.39 is 9.84 Å². The normalized spacial score (nSPS) is 18.7. The van der Waals surface area contributed by atoms with Crippen molar-refractivity contribution in [3.05, 3.63) is 48.2 Å². The highest BCUT2D eigenvalue weighted by atomic mass is 32.2. The molecule has 1 aromatic heterocycles. The summed E-state index contributed by atoms with van der Waals surface area (Å²) in [6, 6.07) is 11.8. The Morgan fingerprint density at radius 3 is 2.79 bits per heavy atom.